The summed E-state index contributed by atoms with van der Waals surface area (Å²) in [5.41, 5.74) is 0.204. The van der Waals surface area contributed by atoms with E-state index in [0.29, 0.717) is 5.16 Å². The van der Waals surface area contributed by atoms with Crippen LogP contribution in [0.3, 0.4) is 0 Å². The average Bonchev–Trinajstić information content (AvgIpc) is 2.70. The molecule has 0 aliphatic rings. The van der Waals surface area contributed by atoms with Crippen LogP contribution in [0.15, 0.2) is 28.3 Å². The lowest BCUT2D eigenvalue weighted by Crippen LogP contribution is -1.96. The Balaban J connectivity index is 2.31. The van der Waals surface area contributed by atoms with Crippen LogP contribution in [0.25, 0.3) is 0 Å². The van der Waals surface area contributed by atoms with Crippen LogP contribution in [-0.4, -0.2) is 24.8 Å². The number of benzene rings is 1. The fraction of sp³-hybridized carbons (Fsp3) is 0.273. The van der Waals surface area contributed by atoms with E-state index in [-0.39, 0.29) is 17.9 Å². The maximum atomic E-state index is 10.8. The van der Waals surface area contributed by atoms with Gasteiger partial charge in [-0.1, -0.05) is 0 Å². The molecule has 0 unspecified atom stereocenters. The zero-order valence-electron chi connectivity index (χ0n) is 10.4. The Morgan fingerprint density at radius 2 is 2.21 bits per heavy atom. The van der Waals surface area contributed by atoms with Gasteiger partial charge < -0.3 is 9.67 Å². The Labute approximate surface area is 113 Å². The number of aliphatic hydroxyl groups is 1. The molecule has 2 rings (SSSR count). The number of aromatic nitrogens is 3. The van der Waals surface area contributed by atoms with Gasteiger partial charge in [0.05, 0.1) is 17.1 Å². The SMILES string of the molecule is Cc1nnc(Sc2ccc([N+](=O)[O-])c(CO)c2)n1C. The molecule has 1 N–H and O–H groups in total. The molecule has 0 amide bonds. The van der Waals surface area contributed by atoms with Crippen molar-refractivity contribution < 1.29 is 10.0 Å². The zero-order valence-corrected chi connectivity index (χ0v) is 11.2. The summed E-state index contributed by atoms with van der Waals surface area (Å²) in [6, 6.07) is 4.61. The average molecular weight is 280 g/mol. The molecule has 8 heteroatoms. The van der Waals surface area contributed by atoms with E-state index in [9.17, 15) is 10.1 Å². The van der Waals surface area contributed by atoms with Gasteiger partial charge in [0.1, 0.15) is 5.82 Å². The van der Waals surface area contributed by atoms with Crippen LogP contribution in [0.2, 0.25) is 0 Å². The highest BCUT2D eigenvalue weighted by Gasteiger charge is 2.15. The lowest BCUT2D eigenvalue weighted by atomic mass is 10.2. The van der Waals surface area contributed by atoms with Crippen molar-refractivity contribution in [3.63, 3.8) is 0 Å². The van der Waals surface area contributed by atoms with Gasteiger partial charge >= 0.3 is 0 Å². The highest BCUT2D eigenvalue weighted by Crippen LogP contribution is 2.30. The summed E-state index contributed by atoms with van der Waals surface area (Å²) in [4.78, 5) is 11.0. The molecule has 0 bridgehead atoms. The van der Waals surface area contributed by atoms with E-state index >= 15 is 0 Å². The van der Waals surface area contributed by atoms with Crippen molar-refractivity contribution in [2.24, 2.45) is 7.05 Å². The zero-order chi connectivity index (χ0) is 14.0. The third kappa shape index (κ3) is 2.74. The van der Waals surface area contributed by atoms with Crippen molar-refractivity contribution >= 4 is 17.4 Å². The molecular formula is C11H12N4O3S. The van der Waals surface area contributed by atoms with Gasteiger partial charge in [0.15, 0.2) is 5.16 Å². The molecule has 0 fully saturated rings. The van der Waals surface area contributed by atoms with E-state index in [4.69, 9.17) is 5.11 Å². The molecule has 7 nitrogen and oxygen atoms in total. The highest BCUT2D eigenvalue weighted by atomic mass is 32.2. The van der Waals surface area contributed by atoms with Gasteiger partial charge in [-0.3, -0.25) is 10.1 Å². The number of aliphatic hydroxyl groups excluding tert-OH is 1. The standard InChI is InChI=1S/C11H12N4O3S/c1-7-12-13-11(14(7)2)19-9-3-4-10(15(17)18)8(5-9)6-16/h3-5,16H,6H2,1-2H3. The van der Waals surface area contributed by atoms with E-state index in [2.05, 4.69) is 10.2 Å². The molecule has 100 valence electrons. The van der Waals surface area contributed by atoms with Crippen LogP contribution in [0, 0.1) is 17.0 Å². The predicted octanol–water partition coefficient (Wildman–Crippen LogP) is 1.68. The van der Waals surface area contributed by atoms with Gasteiger partial charge in [-0.15, -0.1) is 10.2 Å². The summed E-state index contributed by atoms with van der Waals surface area (Å²) < 4.78 is 1.82. The molecule has 0 atom stereocenters. The molecule has 2 aromatic rings. The number of nitro benzene ring substituents is 1. The van der Waals surface area contributed by atoms with Crippen LogP contribution in [0.1, 0.15) is 11.4 Å². The Morgan fingerprint density at radius 1 is 1.47 bits per heavy atom. The molecular weight excluding hydrogens is 268 g/mol. The molecule has 0 spiro atoms. The molecule has 0 saturated heterocycles. The lowest BCUT2D eigenvalue weighted by Gasteiger charge is -2.04. The van der Waals surface area contributed by atoms with E-state index in [1.807, 2.05) is 18.5 Å². The first-order chi connectivity index (χ1) is 9.02. The monoisotopic (exact) mass is 280 g/mol. The second kappa shape index (κ2) is 5.37. The topological polar surface area (TPSA) is 94.1 Å². The van der Waals surface area contributed by atoms with E-state index in [0.717, 1.165) is 10.7 Å². The molecule has 1 aromatic carbocycles. The van der Waals surface area contributed by atoms with Gasteiger partial charge in [-0.25, -0.2) is 0 Å². The predicted molar refractivity (Wildman–Crippen MR) is 68.9 cm³/mol. The van der Waals surface area contributed by atoms with Gasteiger partial charge in [-0.05, 0) is 30.8 Å². The Hall–Kier alpha value is -1.93. The van der Waals surface area contributed by atoms with Crippen LogP contribution >= 0.6 is 11.8 Å². The summed E-state index contributed by atoms with van der Waals surface area (Å²) >= 11 is 1.34. The second-order valence-corrected chi connectivity index (χ2v) is 4.94. The van der Waals surface area contributed by atoms with Crippen molar-refractivity contribution in [3.8, 4) is 0 Å². The quantitative estimate of drug-likeness (QED) is 0.676. The van der Waals surface area contributed by atoms with Crippen LogP contribution in [-0.2, 0) is 13.7 Å². The van der Waals surface area contributed by atoms with Crippen molar-refractivity contribution in [2.45, 2.75) is 23.6 Å². The van der Waals surface area contributed by atoms with E-state index < -0.39 is 4.92 Å². The number of aryl methyl sites for hydroxylation is 1. The van der Waals surface area contributed by atoms with E-state index in [1.54, 1.807) is 12.1 Å². The Morgan fingerprint density at radius 3 is 2.74 bits per heavy atom. The fourth-order valence-corrected chi connectivity index (χ4v) is 2.41. The number of nitro groups is 1. The lowest BCUT2D eigenvalue weighted by molar-refractivity contribution is -0.385. The first kappa shape index (κ1) is 13.5. The summed E-state index contributed by atoms with van der Waals surface area (Å²) in [5, 5.41) is 28.6. The van der Waals surface area contributed by atoms with Crippen LogP contribution in [0.5, 0.6) is 0 Å². The minimum atomic E-state index is -0.507. The maximum Gasteiger partial charge on any atom is 0.274 e. The molecule has 1 aromatic heterocycles. The first-order valence-electron chi connectivity index (χ1n) is 5.45. The molecule has 0 aliphatic heterocycles. The highest BCUT2D eigenvalue weighted by molar-refractivity contribution is 7.99. The molecule has 0 radical (unpaired) electrons. The second-order valence-electron chi connectivity index (χ2n) is 3.90. The summed E-state index contributed by atoms with van der Waals surface area (Å²) in [5.74, 6) is 0.784. The van der Waals surface area contributed by atoms with Crippen molar-refractivity contribution in [2.75, 3.05) is 0 Å². The molecule has 19 heavy (non-hydrogen) atoms. The number of hydrogen-bond acceptors (Lipinski definition) is 6. The van der Waals surface area contributed by atoms with Gasteiger partial charge in [-0.2, -0.15) is 0 Å². The summed E-state index contributed by atoms with van der Waals surface area (Å²) in [6.45, 7) is 1.47. The van der Waals surface area contributed by atoms with Crippen LogP contribution < -0.4 is 0 Å². The largest absolute Gasteiger partial charge is 0.391 e. The van der Waals surface area contributed by atoms with Gasteiger partial charge in [0, 0.05) is 18.0 Å². The normalized spacial score (nSPS) is 10.7. The van der Waals surface area contributed by atoms with E-state index in [1.165, 1.54) is 17.8 Å². The summed E-state index contributed by atoms with van der Waals surface area (Å²) in [6.07, 6.45) is 0. The van der Waals surface area contributed by atoms with Crippen molar-refractivity contribution in [1.29, 1.82) is 0 Å². The van der Waals surface area contributed by atoms with Crippen molar-refractivity contribution in [3.05, 3.63) is 39.7 Å². The van der Waals surface area contributed by atoms with Gasteiger partial charge in [0.25, 0.3) is 5.69 Å². The van der Waals surface area contributed by atoms with Crippen LogP contribution in [0.4, 0.5) is 5.69 Å². The molecule has 0 aliphatic carbocycles. The fourth-order valence-electron chi connectivity index (χ4n) is 1.51. The smallest absolute Gasteiger partial charge is 0.274 e. The minimum absolute atomic E-state index is 0.0824. The Bertz CT molecular complexity index is 626. The number of rotatable bonds is 4. The number of hydrogen-bond donors (Lipinski definition) is 1. The number of nitrogens with zero attached hydrogens (tertiary/aromatic N) is 4. The molecule has 0 saturated carbocycles. The Kier molecular flexibility index (Phi) is 3.82. The minimum Gasteiger partial charge on any atom is -0.391 e. The van der Waals surface area contributed by atoms with Gasteiger partial charge in [0.2, 0.25) is 0 Å². The molecule has 1 heterocycles. The summed E-state index contributed by atoms with van der Waals surface area (Å²) in [7, 11) is 1.84. The third-order valence-corrected chi connectivity index (χ3v) is 3.71. The first-order valence-corrected chi connectivity index (χ1v) is 6.26. The maximum absolute atomic E-state index is 10.8. The van der Waals surface area contributed by atoms with Crippen molar-refractivity contribution in [1.82, 2.24) is 14.8 Å². The third-order valence-electron chi connectivity index (χ3n) is 2.68.